The van der Waals surface area contributed by atoms with Crippen LogP contribution in [0, 0.1) is 0 Å². The maximum atomic E-state index is 6.77. The summed E-state index contributed by atoms with van der Waals surface area (Å²) in [6.07, 6.45) is 0. The molecule has 0 N–H and O–H groups in total. The molecule has 10 nitrogen and oxygen atoms in total. The molecule has 26 rings (SSSR count). The number of hydrogen-bond acceptors (Lipinski definition) is 10. The number of benzene rings is 20. The third-order valence-electron chi connectivity index (χ3n) is 25.8. The van der Waals surface area contributed by atoms with Crippen LogP contribution < -0.4 is 0 Å². The first-order chi connectivity index (χ1) is 66.4. The van der Waals surface area contributed by atoms with Crippen molar-refractivity contribution in [3.05, 3.63) is 461 Å². The topological polar surface area (TPSA) is 129 Å². The lowest BCUT2D eigenvalue weighted by atomic mass is 9.89. The summed E-state index contributed by atoms with van der Waals surface area (Å²) in [6.45, 7) is 0. The van der Waals surface area contributed by atoms with Gasteiger partial charge in [0.25, 0.3) is 0 Å². The van der Waals surface area contributed by atoms with Crippen molar-refractivity contribution in [1.82, 2.24) is 39.9 Å². The molecule has 0 unspecified atom stereocenters. The van der Waals surface area contributed by atoms with Gasteiger partial charge in [0.05, 0.1) is 22.4 Å². The van der Waals surface area contributed by atoms with Gasteiger partial charge in [-0.05, 0) is 144 Å². The molecule has 134 heavy (non-hydrogen) atoms. The molecule has 624 valence electrons. The predicted octanol–water partition coefficient (Wildman–Crippen LogP) is 32.6. The van der Waals surface area contributed by atoms with Crippen molar-refractivity contribution in [1.29, 1.82) is 0 Å². The van der Waals surface area contributed by atoms with E-state index in [9.17, 15) is 0 Å². The number of fused-ring (bicyclic) bond motifs is 14. The Hall–Kier alpha value is -18.1. The SMILES string of the molecule is c1ccc(-c2ccc(-c3nc4ccccc4c4c(-c5cccc(-c6nc(-c7cccc8ccccc78)nc(-c7cccc8ccccc78)n6)c5)c5c(cc34)oc3ccccc35)cc2)cc1.c1ccc(-c2ccc(-c3nc4ccccc4c4c(-c5cccc(-c6nc(-c7ccccc7)nc(-c7cc(-c8ccccc8)cc(-c8ccccc8)c7)n6)c5)c5c(cc34)oc3ccccc35)cc2)cc1. The zero-order valence-electron chi connectivity index (χ0n) is 72.3. The Kier molecular flexibility index (Phi) is 19.4. The Morgan fingerprint density at radius 1 is 0.142 bits per heavy atom. The van der Waals surface area contributed by atoms with E-state index in [4.69, 9.17) is 48.7 Å². The lowest BCUT2D eigenvalue weighted by Gasteiger charge is -2.16. The number of furan rings is 2. The zero-order chi connectivity index (χ0) is 88.5. The Balaban J connectivity index is 0.000000144. The lowest BCUT2D eigenvalue weighted by Crippen LogP contribution is -2.01. The van der Waals surface area contributed by atoms with Crippen LogP contribution in [0.5, 0.6) is 0 Å². The van der Waals surface area contributed by atoms with Crippen molar-refractivity contribution in [3.63, 3.8) is 0 Å². The molecule has 0 spiro atoms. The number of para-hydroxylation sites is 4. The molecule has 6 aromatic heterocycles. The molecule has 0 saturated carbocycles. The molecule has 0 aliphatic heterocycles. The molecular formula is C124H76N8O2. The normalized spacial score (nSPS) is 11.6. The van der Waals surface area contributed by atoms with Gasteiger partial charge in [0, 0.05) is 109 Å². The van der Waals surface area contributed by atoms with Gasteiger partial charge in [0.2, 0.25) is 0 Å². The molecule has 6 heterocycles. The van der Waals surface area contributed by atoms with E-state index in [2.05, 4.69) is 394 Å². The molecule has 0 amide bonds. The summed E-state index contributed by atoms with van der Waals surface area (Å²) < 4.78 is 13.5. The highest BCUT2D eigenvalue weighted by molar-refractivity contribution is 6.30. The van der Waals surface area contributed by atoms with Crippen LogP contribution in [0.4, 0.5) is 0 Å². The van der Waals surface area contributed by atoms with Gasteiger partial charge < -0.3 is 8.83 Å². The van der Waals surface area contributed by atoms with Crippen LogP contribution in [0.2, 0.25) is 0 Å². The van der Waals surface area contributed by atoms with Gasteiger partial charge in [0.1, 0.15) is 22.3 Å². The van der Waals surface area contributed by atoms with E-state index in [1.165, 1.54) is 11.1 Å². The molecule has 26 aromatic rings. The number of rotatable bonds is 14. The third-order valence-corrected chi connectivity index (χ3v) is 25.8. The van der Waals surface area contributed by atoms with Crippen molar-refractivity contribution >= 4 is 109 Å². The molecule has 20 aromatic carbocycles. The molecule has 0 fully saturated rings. The number of pyridine rings is 2. The van der Waals surface area contributed by atoms with Gasteiger partial charge in [-0.25, -0.2) is 39.9 Å². The van der Waals surface area contributed by atoms with Gasteiger partial charge in [-0.2, -0.15) is 0 Å². The molecular weight excluding hydrogens is 1630 g/mol. The molecule has 0 aliphatic rings. The fraction of sp³-hybridized carbons (Fsp3) is 0. The largest absolute Gasteiger partial charge is 0.456 e. The highest BCUT2D eigenvalue weighted by Gasteiger charge is 2.27. The van der Waals surface area contributed by atoms with E-state index in [0.717, 1.165) is 220 Å². The van der Waals surface area contributed by atoms with Crippen molar-refractivity contribution in [2.45, 2.75) is 0 Å². The van der Waals surface area contributed by atoms with Gasteiger partial charge in [-0.3, -0.25) is 0 Å². The van der Waals surface area contributed by atoms with Gasteiger partial charge in [-0.1, -0.05) is 394 Å². The van der Waals surface area contributed by atoms with Crippen LogP contribution in [0.25, 0.3) is 266 Å². The average Bonchev–Trinajstić information content (AvgIpc) is 1.46. The quantitative estimate of drug-likeness (QED) is 0.0970. The van der Waals surface area contributed by atoms with Crippen LogP contribution in [0.15, 0.2) is 470 Å². The first-order valence-electron chi connectivity index (χ1n) is 45.1. The van der Waals surface area contributed by atoms with Crippen LogP contribution in [0.1, 0.15) is 0 Å². The van der Waals surface area contributed by atoms with Crippen molar-refractivity contribution in [2.24, 2.45) is 0 Å². The average molecular weight is 1710 g/mol. The van der Waals surface area contributed by atoms with Crippen LogP contribution in [-0.4, -0.2) is 39.9 Å². The second kappa shape index (κ2) is 33.2. The second-order valence-corrected chi connectivity index (χ2v) is 33.9. The van der Waals surface area contributed by atoms with Gasteiger partial charge in [0.15, 0.2) is 34.9 Å². The summed E-state index contributed by atoms with van der Waals surface area (Å²) in [6, 6.07) is 161. The Morgan fingerprint density at radius 2 is 0.418 bits per heavy atom. The predicted molar refractivity (Wildman–Crippen MR) is 551 cm³/mol. The first kappa shape index (κ1) is 78.2. The van der Waals surface area contributed by atoms with E-state index in [-0.39, 0.29) is 0 Å². The summed E-state index contributed by atoms with van der Waals surface area (Å²) in [5.41, 5.74) is 27.6. The molecule has 0 bridgehead atoms. The van der Waals surface area contributed by atoms with Gasteiger partial charge in [-0.15, -0.1) is 0 Å². The highest BCUT2D eigenvalue weighted by atomic mass is 16.3. The van der Waals surface area contributed by atoms with E-state index in [1.807, 2.05) is 66.7 Å². The Bertz CT molecular complexity index is 8940. The minimum atomic E-state index is 0.575. The lowest BCUT2D eigenvalue weighted by molar-refractivity contribution is 0.669. The summed E-state index contributed by atoms with van der Waals surface area (Å²) in [5, 5.41) is 15.0. The van der Waals surface area contributed by atoms with Crippen molar-refractivity contribution < 1.29 is 8.83 Å². The first-order valence-corrected chi connectivity index (χ1v) is 45.1. The minimum absolute atomic E-state index is 0.575. The minimum Gasteiger partial charge on any atom is -0.456 e. The van der Waals surface area contributed by atoms with Crippen molar-refractivity contribution in [2.75, 3.05) is 0 Å². The van der Waals surface area contributed by atoms with Crippen LogP contribution >= 0.6 is 0 Å². The summed E-state index contributed by atoms with van der Waals surface area (Å²) in [5.74, 6) is 3.59. The molecule has 0 saturated heterocycles. The zero-order valence-corrected chi connectivity index (χ0v) is 72.3. The third kappa shape index (κ3) is 14.2. The van der Waals surface area contributed by atoms with Gasteiger partial charge >= 0.3 is 0 Å². The second-order valence-electron chi connectivity index (χ2n) is 33.9. The number of nitrogens with zero attached hydrogens (tertiary/aromatic N) is 8. The van der Waals surface area contributed by atoms with E-state index < -0.39 is 0 Å². The smallest absolute Gasteiger partial charge is 0.164 e. The monoisotopic (exact) mass is 1710 g/mol. The molecule has 0 aliphatic carbocycles. The standard InChI is InChI=1S/C64H40N4O.C60H36N4O/c1-5-18-41(19-6-1)44-32-34-45(35-33-44)61-54-40-57-60(53-29-14-16-31-56(53)69-57)58(59(54)52-28-13-15-30-55(52)65-61)47-26-17-27-48(36-47)63-66-62(46-24-11-4-12-25-46)67-64(68-63)51-38-49(42-20-7-2-8-21-42)37-50(39-51)43-22-9-3-10-23-43;1-2-15-37(16-3-1)38-31-33-41(34-32-38)57-50-36-53-56(49-26-9-11-30-52(49)65-53)54(55(50)48-25-8-10-29-51(48)61-57)42-21-12-22-43(35-42)58-62-59(46-27-13-19-39-17-4-6-23-44(39)46)64-60(63-58)47-28-14-20-40-18-5-7-24-45(40)47/h1-40H;1-36H. The summed E-state index contributed by atoms with van der Waals surface area (Å²) in [4.78, 5) is 42.5. The Morgan fingerprint density at radius 3 is 0.843 bits per heavy atom. The molecule has 0 atom stereocenters. The summed E-state index contributed by atoms with van der Waals surface area (Å²) >= 11 is 0. The highest BCUT2D eigenvalue weighted by Crippen LogP contribution is 2.51. The van der Waals surface area contributed by atoms with E-state index >= 15 is 0 Å². The van der Waals surface area contributed by atoms with E-state index in [1.54, 1.807) is 0 Å². The van der Waals surface area contributed by atoms with Crippen LogP contribution in [0.3, 0.4) is 0 Å². The fourth-order valence-corrected chi connectivity index (χ4v) is 19.5. The Labute approximate surface area is 770 Å². The molecule has 0 radical (unpaired) electrons. The van der Waals surface area contributed by atoms with Crippen LogP contribution in [-0.2, 0) is 0 Å². The summed E-state index contributed by atoms with van der Waals surface area (Å²) in [7, 11) is 0. The maximum Gasteiger partial charge on any atom is 0.164 e. The van der Waals surface area contributed by atoms with Crippen molar-refractivity contribution in [3.8, 4) is 158 Å². The molecule has 10 heteroatoms. The van der Waals surface area contributed by atoms with E-state index in [0.29, 0.717) is 34.9 Å². The fourth-order valence-electron chi connectivity index (χ4n) is 19.5. The number of aromatic nitrogens is 8. The maximum absolute atomic E-state index is 6.77. The number of hydrogen-bond donors (Lipinski definition) is 0.